The largest absolute Gasteiger partial charge is 0.493 e. The number of rotatable bonds is 5. The third-order valence-corrected chi connectivity index (χ3v) is 4.60. The van der Waals surface area contributed by atoms with E-state index in [0.717, 1.165) is 11.1 Å². The Kier molecular flexibility index (Phi) is 5.16. The van der Waals surface area contributed by atoms with Crippen molar-refractivity contribution in [3.05, 3.63) is 70.0 Å². The molecule has 140 valence electrons. The average molecular weight is 366 g/mol. The van der Waals surface area contributed by atoms with E-state index in [0.29, 0.717) is 16.9 Å². The van der Waals surface area contributed by atoms with Gasteiger partial charge < -0.3 is 19.4 Å². The second kappa shape index (κ2) is 7.53. The highest BCUT2D eigenvalue weighted by atomic mass is 16.5. The smallest absolute Gasteiger partial charge is 0.257 e. The van der Waals surface area contributed by atoms with Gasteiger partial charge in [0, 0.05) is 18.6 Å². The molecule has 6 heteroatoms. The third kappa shape index (κ3) is 3.51. The minimum atomic E-state index is -0.413. The number of benzene rings is 2. The Hall–Kier alpha value is -3.28. The molecule has 0 bridgehead atoms. The van der Waals surface area contributed by atoms with Crippen molar-refractivity contribution in [1.29, 1.82) is 0 Å². The normalized spacial score (nSPS) is 11.9. The van der Waals surface area contributed by atoms with Crippen LogP contribution in [0.2, 0.25) is 0 Å². The van der Waals surface area contributed by atoms with Crippen molar-refractivity contribution < 1.29 is 14.3 Å². The Morgan fingerprint density at radius 2 is 1.78 bits per heavy atom. The van der Waals surface area contributed by atoms with Gasteiger partial charge in [-0.15, -0.1) is 0 Å². The summed E-state index contributed by atoms with van der Waals surface area (Å²) in [7, 11) is 4.94. The predicted molar refractivity (Wildman–Crippen MR) is 105 cm³/mol. The maximum atomic E-state index is 12.7. The second-order valence-corrected chi connectivity index (χ2v) is 6.31. The van der Waals surface area contributed by atoms with Gasteiger partial charge >= 0.3 is 0 Å². The summed E-state index contributed by atoms with van der Waals surface area (Å²) in [5, 5.41) is 3.41. The topological polar surface area (TPSA) is 69.6 Å². The summed E-state index contributed by atoms with van der Waals surface area (Å²) in [4.78, 5) is 25.5. The fourth-order valence-corrected chi connectivity index (χ4v) is 3.08. The van der Waals surface area contributed by atoms with Crippen molar-refractivity contribution >= 4 is 16.8 Å². The minimum Gasteiger partial charge on any atom is -0.493 e. The first-order chi connectivity index (χ1) is 13.0. The fraction of sp³-hybridized carbons (Fsp3) is 0.238. The summed E-state index contributed by atoms with van der Waals surface area (Å²) >= 11 is 0. The molecule has 0 aliphatic carbocycles. The van der Waals surface area contributed by atoms with Crippen LogP contribution in [0.4, 0.5) is 0 Å². The van der Waals surface area contributed by atoms with Crippen molar-refractivity contribution in [2.75, 3.05) is 14.2 Å². The Bertz CT molecular complexity index is 1060. The molecule has 0 aliphatic heterocycles. The maximum Gasteiger partial charge on any atom is 0.257 e. The summed E-state index contributed by atoms with van der Waals surface area (Å²) in [5.74, 6) is 0.782. The first kappa shape index (κ1) is 18.5. The lowest BCUT2D eigenvalue weighted by atomic mass is 10.1. The van der Waals surface area contributed by atoms with Crippen molar-refractivity contribution in [2.45, 2.75) is 13.0 Å². The third-order valence-electron chi connectivity index (χ3n) is 4.60. The van der Waals surface area contributed by atoms with Crippen molar-refractivity contribution in [1.82, 2.24) is 9.88 Å². The number of amides is 1. The van der Waals surface area contributed by atoms with Gasteiger partial charge in [0.15, 0.2) is 11.5 Å². The number of carbonyl (C=O) groups excluding carboxylic acids is 1. The molecular formula is C21H22N2O4. The highest BCUT2D eigenvalue weighted by Gasteiger charge is 2.18. The van der Waals surface area contributed by atoms with Crippen LogP contribution in [0.15, 0.2) is 53.5 Å². The lowest BCUT2D eigenvalue weighted by molar-refractivity contribution is 0.0938. The van der Waals surface area contributed by atoms with Gasteiger partial charge in [-0.25, -0.2) is 0 Å². The molecule has 0 unspecified atom stereocenters. The van der Waals surface area contributed by atoms with E-state index in [1.165, 1.54) is 0 Å². The lowest BCUT2D eigenvalue weighted by Crippen LogP contribution is -2.31. The number of nitrogens with one attached hydrogen (secondary N) is 1. The number of aryl methyl sites for hydroxylation is 1. The molecule has 0 aliphatic rings. The first-order valence-electron chi connectivity index (χ1n) is 8.57. The van der Waals surface area contributed by atoms with Gasteiger partial charge in [0.1, 0.15) is 5.56 Å². The van der Waals surface area contributed by atoms with Gasteiger partial charge in [-0.05, 0) is 36.8 Å². The molecule has 1 N–H and O–H groups in total. The second-order valence-electron chi connectivity index (χ2n) is 6.31. The summed E-state index contributed by atoms with van der Waals surface area (Å²) in [6, 6.07) is 12.4. The van der Waals surface area contributed by atoms with Crippen LogP contribution in [0, 0.1) is 0 Å². The van der Waals surface area contributed by atoms with E-state index in [2.05, 4.69) is 5.32 Å². The predicted octanol–water partition coefficient (Wildman–Crippen LogP) is 3.05. The van der Waals surface area contributed by atoms with Gasteiger partial charge in [-0.2, -0.15) is 0 Å². The fourth-order valence-electron chi connectivity index (χ4n) is 3.08. The molecule has 3 rings (SSSR count). The van der Waals surface area contributed by atoms with E-state index in [4.69, 9.17) is 9.47 Å². The standard InChI is InChI=1S/C21H22N2O4/c1-13(14-9-10-18(26-3)19(11-14)27-4)22-21(25)16-12-23(2)17-8-6-5-7-15(17)20(16)24/h5-13H,1-4H3,(H,22,25)/t13-/m1/s1. The summed E-state index contributed by atoms with van der Waals surface area (Å²) < 4.78 is 12.3. The lowest BCUT2D eigenvalue weighted by Gasteiger charge is -2.17. The van der Waals surface area contributed by atoms with Crippen LogP contribution in [0.25, 0.3) is 10.9 Å². The number of fused-ring (bicyclic) bond motifs is 1. The molecule has 3 aromatic rings. The zero-order valence-electron chi connectivity index (χ0n) is 15.8. The molecule has 1 aromatic heterocycles. The van der Waals surface area contributed by atoms with Crippen molar-refractivity contribution in [3.63, 3.8) is 0 Å². The number of hydrogen-bond donors (Lipinski definition) is 1. The number of para-hydroxylation sites is 1. The van der Waals surface area contributed by atoms with E-state index in [1.54, 1.807) is 43.2 Å². The Labute approximate surface area is 157 Å². The van der Waals surface area contributed by atoms with Crippen LogP contribution in [0.1, 0.15) is 28.9 Å². The molecule has 6 nitrogen and oxygen atoms in total. The van der Waals surface area contributed by atoms with E-state index < -0.39 is 5.91 Å². The average Bonchev–Trinajstić information content (AvgIpc) is 2.69. The number of nitrogens with zero attached hydrogens (tertiary/aromatic N) is 1. The molecular weight excluding hydrogens is 344 g/mol. The van der Waals surface area contributed by atoms with Crippen LogP contribution >= 0.6 is 0 Å². The van der Waals surface area contributed by atoms with E-state index >= 15 is 0 Å². The highest BCUT2D eigenvalue weighted by molar-refractivity contribution is 5.97. The molecule has 1 heterocycles. The van der Waals surface area contributed by atoms with E-state index in [1.807, 2.05) is 38.2 Å². The summed E-state index contributed by atoms with van der Waals surface area (Å²) in [6.45, 7) is 1.85. The molecule has 1 atom stereocenters. The SMILES string of the molecule is COc1ccc([C@@H](C)NC(=O)c2cn(C)c3ccccc3c2=O)cc1OC. The Morgan fingerprint density at radius 3 is 2.48 bits per heavy atom. The van der Waals surface area contributed by atoms with Crippen LogP contribution < -0.4 is 20.2 Å². The Morgan fingerprint density at radius 1 is 1.07 bits per heavy atom. The molecule has 0 radical (unpaired) electrons. The summed E-state index contributed by atoms with van der Waals surface area (Å²) in [5.41, 5.74) is 1.47. The zero-order chi connectivity index (χ0) is 19.6. The number of methoxy groups -OCH3 is 2. The first-order valence-corrected chi connectivity index (χ1v) is 8.57. The van der Waals surface area contributed by atoms with E-state index in [-0.39, 0.29) is 17.0 Å². The van der Waals surface area contributed by atoms with Crippen LogP contribution in [0.5, 0.6) is 11.5 Å². The maximum absolute atomic E-state index is 12.7. The van der Waals surface area contributed by atoms with Crippen LogP contribution in [-0.4, -0.2) is 24.7 Å². The number of aromatic nitrogens is 1. The molecule has 0 saturated carbocycles. The monoisotopic (exact) mass is 366 g/mol. The molecule has 27 heavy (non-hydrogen) atoms. The van der Waals surface area contributed by atoms with Gasteiger partial charge in [0.25, 0.3) is 5.91 Å². The number of hydrogen-bond acceptors (Lipinski definition) is 4. The van der Waals surface area contributed by atoms with Crippen molar-refractivity contribution in [3.8, 4) is 11.5 Å². The molecule has 0 saturated heterocycles. The zero-order valence-corrected chi connectivity index (χ0v) is 15.8. The van der Waals surface area contributed by atoms with Crippen LogP contribution in [-0.2, 0) is 7.05 Å². The van der Waals surface area contributed by atoms with Gasteiger partial charge in [0.2, 0.25) is 5.43 Å². The van der Waals surface area contributed by atoms with Gasteiger partial charge in [-0.3, -0.25) is 9.59 Å². The summed E-state index contributed by atoms with van der Waals surface area (Å²) in [6.07, 6.45) is 1.57. The Balaban J connectivity index is 1.90. The molecule has 1 amide bonds. The quantitative estimate of drug-likeness (QED) is 0.754. The number of carbonyl (C=O) groups is 1. The van der Waals surface area contributed by atoms with E-state index in [9.17, 15) is 9.59 Å². The number of ether oxygens (including phenoxy) is 2. The van der Waals surface area contributed by atoms with Gasteiger partial charge in [-0.1, -0.05) is 18.2 Å². The van der Waals surface area contributed by atoms with Crippen LogP contribution in [0.3, 0.4) is 0 Å². The number of pyridine rings is 1. The molecule has 0 spiro atoms. The highest BCUT2D eigenvalue weighted by Crippen LogP contribution is 2.29. The van der Waals surface area contributed by atoms with Gasteiger partial charge in [0.05, 0.1) is 25.8 Å². The van der Waals surface area contributed by atoms with Crippen molar-refractivity contribution in [2.24, 2.45) is 7.05 Å². The molecule has 0 fully saturated rings. The molecule has 2 aromatic carbocycles. The minimum absolute atomic E-state index is 0.114.